The molecule has 0 saturated carbocycles. The van der Waals surface area contributed by atoms with Gasteiger partial charge in [0.05, 0.1) is 0 Å². The number of fused-ring (bicyclic) bond motifs is 1. The van der Waals surface area contributed by atoms with Gasteiger partial charge in [0.25, 0.3) is 0 Å². The Morgan fingerprint density at radius 2 is 1.71 bits per heavy atom. The zero-order valence-corrected chi connectivity index (χ0v) is 17.3. The molecule has 0 saturated heterocycles. The summed E-state index contributed by atoms with van der Waals surface area (Å²) >= 11 is 0. The van der Waals surface area contributed by atoms with Gasteiger partial charge in [-0.1, -0.05) is 39.0 Å². The van der Waals surface area contributed by atoms with E-state index in [0.29, 0.717) is 26.3 Å². The van der Waals surface area contributed by atoms with Crippen LogP contribution < -0.4 is 14.2 Å². The first kappa shape index (κ1) is 20.5. The molecule has 5 heteroatoms. The fourth-order valence-electron chi connectivity index (χ4n) is 3.22. The molecule has 1 aliphatic heterocycles. The van der Waals surface area contributed by atoms with Gasteiger partial charge in [0.1, 0.15) is 31.7 Å². The van der Waals surface area contributed by atoms with Crippen LogP contribution in [0.5, 0.6) is 17.2 Å². The van der Waals surface area contributed by atoms with E-state index in [1.54, 1.807) is 0 Å². The Balaban J connectivity index is 1.46. The summed E-state index contributed by atoms with van der Waals surface area (Å²) < 4.78 is 16.9. The first-order valence-corrected chi connectivity index (χ1v) is 9.80. The Morgan fingerprint density at radius 1 is 1.04 bits per heavy atom. The highest BCUT2D eigenvalue weighted by molar-refractivity contribution is 5.43. The van der Waals surface area contributed by atoms with Crippen LogP contribution in [-0.4, -0.2) is 49.5 Å². The summed E-state index contributed by atoms with van der Waals surface area (Å²) in [5, 5.41) is 10.3. The predicted molar refractivity (Wildman–Crippen MR) is 110 cm³/mol. The lowest BCUT2D eigenvalue weighted by Gasteiger charge is -2.23. The van der Waals surface area contributed by atoms with Crippen molar-refractivity contribution < 1.29 is 19.3 Å². The van der Waals surface area contributed by atoms with Crippen LogP contribution in [0.15, 0.2) is 42.5 Å². The molecule has 28 heavy (non-hydrogen) atoms. The van der Waals surface area contributed by atoms with Gasteiger partial charge in [-0.15, -0.1) is 0 Å². The van der Waals surface area contributed by atoms with E-state index >= 15 is 0 Å². The molecule has 3 rings (SSSR count). The third-order valence-corrected chi connectivity index (χ3v) is 4.74. The fourth-order valence-corrected chi connectivity index (χ4v) is 3.22. The van der Waals surface area contributed by atoms with Crippen molar-refractivity contribution in [3.8, 4) is 17.2 Å². The van der Waals surface area contributed by atoms with Crippen LogP contribution in [0.25, 0.3) is 0 Å². The normalized spacial score (nSPS) is 14.8. The first-order valence-electron chi connectivity index (χ1n) is 9.80. The second kappa shape index (κ2) is 8.84. The largest absolute Gasteiger partial charge is 0.491 e. The highest BCUT2D eigenvalue weighted by atomic mass is 16.6. The Bertz CT molecular complexity index is 767. The highest BCUT2D eigenvalue weighted by Crippen LogP contribution is 2.31. The number of aliphatic hydroxyl groups is 1. The summed E-state index contributed by atoms with van der Waals surface area (Å²) in [6, 6.07) is 14.1. The molecular formula is C23H31NO4. The van der Waals surface area contributed by atoms with Crippen LogP contribution in [0.2, 0.25) is 0 Å². The molecule has 2 aromatic rings. The Hall–Kier alpha value is -2.24. The summed E-state index contributed by atoms with van der Waals surface area (Å²) in [7, 11) is 1.98. The van der Waals surface area contributed by atoms with E-state index in [1.807, 2.05) is 37.4 Å². The fraction of sp³-hybridized carbons (Fsp3) is 0.478. The van der Waals surface area contributed by atoms with Gasteiger partial charge in [-0.25, -0.2) is 0 Å². The standard InChI is InChI=1S/C23H31NO4/c1-23(2,3)18-6-8-20(9-7-18)28-16-19(25)15-24(4)14-17-5-10-21-22(13-17)27-12-11-26-21/h5-10,13,19,25H,11-12,14-16H2,1-4H3/t19-/m0/s1. The second-order valence-electron chi connectivity index (χ2n) is 8.41. The lowest BCUT2D eigenvalue weighted by Crippen LogP contribution is -2.32. The zero-order chi connectivity index (χ0) is 20.1. The van der Waals surface area contributed by atoms with E-state index in [9.17, 15) is 5.11 Å². The van der Waals surface area contributed by atoms with Crippen molar-refractivity contribution in [3.05, 3.63) is 53.6 Å². The third kappa shape index (κ3) is 5.63. The van der Waals surface area contributed by atoms with Gasteiger partial charge in [-0.05, 0) is 47.9 Å². The van der Waals surface area contributed by atoms with Crippen LogP contribution in [-0.2, 0) is 12.0 Å². The molecule has 0 bridgehead atoms. The van der Waals surface area contributed by atoms with Crippen LogP contribution in [0.3, 0.4) is 0 Å². The van der Waals surface area contributed by atoms with Crippen molar-refractivity contribution in [3.63, 3.8) is 0 Å². The number of hydrogen-bond donors (Lipinski definition) is 1. The quantitative estimate of drug-likeness (QED) is 0.789. The van der Waals surface area contributed by atoms with Gasteiger partial charge < -0.3 is 19.3 Å². The molecule has 0 unspecified atom stereocenters. The minimum atomic E-state index is -0.565. The summed E-state index contributed by atoms with van der Waals surface area (Å²) in [6.07, 6.45) is -0.565. The maximum atomic E-state index is 10.3. The van der Waals surface area contributed by atoms with Gasteiger partial charge in [-0.2, -0.15) is 0 Å². The molecule has 0 spiro atoms. The van der Waals surface area contributed by atoms with Gasteiger partial charge >= 0.3 is 0 Å². The molecule has 0 amide bonds. The van der Waals surface area contributed by atoms with Gasteiger partial charge in [0, 0.05) is 13.1 Å². The van der Waals surface area contributed by atoms with Crippen LogP contribution in [0, 0.1) is 0 Å². The Morgan fingerprint density at radius 3 is 2.39 bits per heavy atom. The molecule has 0 fully saturated rings. The number of rotatable bonds is 7. The first-order chi connectivity index (χ1) is 13.3. The number of likely N-dealkylation sites (N-methyl/N-ethyl adjacent to an activating group) is 1. The minimum absolute atomic E-state index is 0.120. The van der Waals surface area contributed by atoms with E-state index in [1.165, 1.54) is 5.56 Å². The number of ether oxygens (including phenoxy) is 3. The van der Waals surface area contributed by atoms with Crippen molar-refractivity contribution in [1.29, 1.82) is 0 Å². The summed E-state index contributed by atoms with van der Waals surface area (Å²) in [4.78, 5) is 2.07. The van der Waals surface area contributed by atoms with E-state index in [0.717, 1.165) is 22.8 Å². The van der Waals surface area contributed by atoms with Crippen molar-refractivity contribution in [2.24, 2.45) is 0 Å². The maximum absolute atomic E-state index is 10.3. The van der Waals surface area contributed by atoms with Crippen molar-refractivity contribution in [2.45, 2.75) is 38.8 Å². The molecule has 152 valence electrons. The Kier molecular flexibility index (Phi) is 6.47. The van der Waals surface area contributed by atoms with Gasteiger partial charge in [0.15, 0.2) is 11.5 Å². The van der Waals surface area contributed by atoms with Gasteiger partial charge in [-0.3, -0.25) is 4.90 Å². The Labute approximate surface area is 167 Å². The highest BCUT2D eigenvalue weighted by Gasteiger charge is 2.15. The molecule has 0 aromatic heterocycles. The molecule has 1 heterocycles. The number of nitrogens with zero attached hydrogens (tertiary/aromatic N) is 1. The summed E-state index contributed by atoms with van der Waals surface area (Å²) in [5.74, 6) is 2.37. The molecule has 0 aliphatic carbocycles. The lowest BCUT2D eigenvalue weighted by atomic mass is 9.87. The number of hydrogen-bond acceptors (Lipinski definition) is 5. The van der Waals surface area contributed by atoms with Crippen molar-refractivity contribution >= 4 is 0 Å². The predicted octanol–water partition coefficient (Wildman–Crippen LogP) is 3.63. The van der Waals surface area contributed by atoms with Crippen molar-refractivity contribution in [2.75, 3.05) is 33.4 Å². The maximum Gasteiger partial charge on any atom is 0.161 e. The van der Waals surface area contributed by atoms with E-state index in [2.05, 4.69) is 37.8 Å². The van der Waals surface area contributed by atoms with Crippen LogP contribution >= 0.6 is 0 Å². The minimum Gasteiger partial charge on any atom is -0.491 e. The molecule has 1 aliphatic rings. The third-order valence-electron chi connectivity index (χ3n) is 4.74. The summed E-state index contributed by atoms with van der Waals surface area (Å²) in [6.45, 7) is 9.23. The zero-order valence-electron chi connectivity index (χ0n) is 17.3. The number of benzene rings is 2. The van der Waals surface area contributed by atoms with Gasteiger partial charge in [0.2, 0.25) is 0 Å². The van der Waals surface area contributed by atoms with E-state index in [4.69, 9.17) is 14.2 Å². The topological polar surface area (TPSA) is 51.2 Å². The molecular weight excluding hydrogens is 354 g/mol. The molecule has 0 radical (unpaired) electrons. The average molecular weight is 386 g/mol. The second-order valence-corrected chi connectivity index (χ2v) is 8.41. The summed E-state index contributed by atoms with van der Waals surface area (Å²) in [5.41, 5.74) is 2.51. The van der Waals surface area contributed by atoms with Crippen LogP contribution in [0.1, 0.15) is 31.9 Å². The number of aliphatic hydroxyl groups excluding tert-OH is 1. The SMILES string of the molecule is CN(Cc1ccc2c(c1)OCCO2)C[C@H](O)COc1ccc(C(C)(C)C)cc1. The molecule has 2 aromatic carbocycles. The average Bonchev–Trinajstić information content (AvgIpc) is 2.66. The van der Waals surface area contributed by atoms with Crippen LogP contribution in [0.4, 0.5) is 0 Å². The molecule has 1 atom stereocenters. The molecule has 1 N–H and O–H groups in total. The lowest BCUT2D eigenvalue weighted by molar-refractivity contribution is 0.0743. The molecule has 5 nitrogen and oxygen atoms in total. The van der Waals surface area contributed by atoms with E-state index < -0.39 is 6.10 Å². The smallest absolute Gasteiger partial charge is 0.161 e. The van der Waals surface area contributed by atoms with Crippen molar-refractivity contribution in [1.82, 2.24) is 4.90 Å². The monoisotopic (exact) mass is 385 g/mol. The van der Waals surface area contributed by atoms with E-state index in [-0.39, 0.29) is 12.0 Å².